The summed E-state index contributed by atoms with van der Waals surface area (Å²) in [6.45, 7) is 4.10. The van der Waals surface area contributed by atoms with Gasteiger partial charge in [-0.1, -0.05) is 13.3 Å². The second-order valence-electron chi connectivity index (χ2n) is 7.89. The van der Waals surface area contributed by atoms with Gasteiger partial charge in [-0.05, 0) is 43.6 Å². The Kier molecular flexibility index (Phi) is 4.86. The van der Waals surface area contributed by atoms with Crippen molar-refractivity contribution >= 4 is 33.3 Å². The molecule has 0 saturated carbocycles. The van der Waals surface area contributed by atoms with E-state index in [4.69, 9.17) is 0 Å². The molecule has 140 valence electrons. The van der Waals surface area contributed by atoms with Gasteiger partial charge in [-0.15, -0.1) is 11.3 Å². The van der Waals surface area contributed by atoms with Crippen molar-refractivity contribution in [2.24, 2.45) is 11.8 Å². The average molecular weight is 373 g/mol. The number of hydrogen-bond acceptors (Lipinski definition) is 5. The summed E-state index contributed by atoms with van der Waals surface area (Å²) in [6, 6.07) is 0. The van der Waals surface area contributed by atoms with Gasteiger partial charge in [0.15, 0.2) is 0 Å². The molecule has 0 bridgehead atoms. The van der Waals surface area contributed by atoms with Crippen molar-refractivity contribution in [1.82, 2.24) is 14.9 Å². The molecular formula is C20H28N4OS. The lowest BCUT2D eigenvalue weighted by atomic mass is 9.86. The van der Waals surface area contributed by atoms with E-state index in [1.165, 1.54) is 35.1 Å². The number of nitrogens with zero attached hydrogens (tertiary/aromatic N) is 4. The van der Waals surface area contributed by atoms with Crippen molar-refractivity contribution in [3.05, 3.63) is 16.8 Å². The Morgan fingerprint density at radius 2 is 2.04 bits per heavy atom. The fraction of sp³-hybridized carbons (Fsp3) is 0.650. The average Bonchev–Trinajstić information content (AvgIpc) is 3.05. The molecule has 0 radical (unpaired) electrons. The summed E-state index contributed by atoms with van der Waals surface area (Å²) in [6.07, 6.45) is 8.44. The van der Waals surface area contributed by atoms with Crippen LogP contribution in [0.1, 0.15) is 43.0 Å². The number of amides is 1. The molecule has 1 atom stereocenters. The van der Waals surface area contributed by atoms with E-state index in [-0.39, 0.29) is 11.8 Å². The molecule has 26 heavy (non-hydrogen) atoms. The minimum absolute atomic E-state index is 0.153. The second-order valence-corrected chi connectivity index (χ2v) is 8.98. The molecule has 4 rings (SSSR count). The summed E-state index contributed by atoms with van der Waals surface area (Å²) in [4.78, 5) is 28.3. The molecule has 1 aliphatic carbocycles. The zero-order valence-electron chi connectivity index (χ0n) is 16.0. The minimum Gasteiger partial charge on any atom is -0.356 e. The summed E-state index contributed by atoms with van der Waals surface area (Å²) in [7, 11) is 3.70. The normalized spacial score (nSPS) is 21.0. The van der Waals surface area contributed by atoms with Crippen molar-refractivity contribution in [3.8, 4) is 0 Å². The quantitative estimate of drug-likeness (QED) is 0.827. The molecular weight excluding hydrogens is 344 g/mol. The maximum absolute atomic E-state index is 12.2. The lowest BCUT2D eigenvalue weighted by Crippen LogP contribution is -2.40. The summed E-state index contributed by atoms with van der Waals surface area (Å²) in [5, 5.41) is 1.29. The first kappa shape index (κ1) is 17.7. The van der Waals surface area contributed by atoms with Gasteiger partial charge in [0, 0.05) is 38.0 Å². The fourth-order valence-electron chi connectivity index (χ4n) is 4.45. The largest absolute Gasteiger partial charge is 0.356 e. The molecule has 5 nitrogen and oxygen atoms in total. The maximum atomic E-state index is 12.2. The maximum Gasteiger partial charge on any atom is 0.225 e. The van der Waals surface area contributed by atoms with E-state index in [2.05, 4.69) is 21.8 Å². The van der Waals surface area contributed by atoms with Gasteiger partial charge in [0.1, 0.15) is 17.0 Å². The molecule has 1 amide bonds. The number of carbonyl (C=O) groups excluding carboxylic acids is 1. The highest BCUT2D eigenvalue weighted by atomic mass is 32.1. The molecule has 3 heterocycles. The fourth-order valence-corrected chi connectivity index (χ4v) is 5.75. The third-order valence-electron chi connectivity index (χ3n) is 6.09. The molecule has 0 N–H and O–H groups in total. The zero-order valence-corrected chi connectivity index (χ0v) is 16.8. The molecule has 6 heteroatoms. The minimum atomic E-state index is 0.153. The molecule has 1 fully saturated rings. The third-order valence-corrected chi connectivity index (χ3v) is 7.25. The second kappa shape index (κ2) is 7.14. The Labute approximate surface area is 159 Å². The van der Waals surface area contributed by atoms with Crippen LogP contribution in [0.4, 0.5) is 5.82 Å². The van der Waals surface area contributed by atoms with E-state index in [0.717, 1.165) is 48.9 Å². The summed E-state index contributed by atoms with van der Waals surface area (Å²) >= 11 is 1.87. The van der Waals surface area contributed by atoms with Crippen LogP contribution >= 0.6 is 11.3 Å². The van der Waals surface area contributed by atoms with E-state index >= 15 is 0 Å². The predicted molar refractivity (Wildman–Crippen MR) is 107 cm³/mol. The SMILES string of the molecule is CCC1CCc2c(sc3ncnc(N4CCC(C(=O)N(C)C)CC4)c23)C1. The number of anilines is 1. The molecule has 2 aliphatic rings. The molecule has 2 aromatic heterocycles. The van der Waals surface area contributed by atoms with Crippen molar-refractivity contribution in [1.29, 1.82) is 0 Å². The molecule has 0 aromatic carbocycles. The number of rotatable bonds is 3. The van der Waals surface area contributed by atoms with Crippen LogP contribution in [0.15, 0.2) is 6.33 Å². The van der Waals surface area contributed by atoms with Crippen LogP contribution in [0.5, 0.6) is 0 Å². The molecule has 1 saturated heterocycles. The molecule has 0 spiro atoms. The number of aryl methyl sites for hydroxylation is 1. The topological polar surface area (TPSA) is 49.3 Å². The Bertz CT molecular complexity index is 807. The zero-order chi connectivity index (χ0) is 18.3. The van der Waals surface area contributed by atoms with Crippen LogP contribution in [0.25, 0.3) is 10.2 Å². The van der Waals surface area contributed by atoms with Gasteiger partial charge < -0.3 is 9.80 Å². The van der Waals surface area contributed by atoms with Crippen molar-refractivity contribution < 1.29 is 4.79 Å². The summed E-state index contributed by atoms with van der Waals surface area (Å²) < 4.78 is 0. The number of hydrogen-bond donors (Lipinski definition) is 0. The molecule has 2 aromatic rings. The Morgan fingerprint density at radius 3 is 2.73 bits per heavy atom. The Hall–Kier alpha value is -1.69. The van der Waals surface area contributed by atoms with Gasteiger partial charge in [-0.3, -0.25) is 4.79 Å². The highest BCUT2D eigenvalue weighted by Crippen LogP contribution is 2.41. The van der Waals surface area contributed by atoms with Crippen LogP contribution in [0, 0.1) is 11.8 Å². The monoisotopic (exact) mass is 372 g/mol. The van der Waals surface area contributed by atoms with Crippen molar-refractivity contribution in [2.45, 2.75) is 45.4 Å². The van der Waals surface area contributed by atoms with Crippen LogP contribution in [0.3, 0.4) is 0 Å². The Morgan fingerprint density at radius 1 is 1.27 bits per heavy atom. The van der Waals surface area contributed by atoms with Crippen LogP contribution in [-0.2, 0) is 17.6 Å². The predicted octanol–water partition coefficient (Wildman–Crippen LogP) is 3.51. The van der Waals surface area contributed by atoms with Gasteiger partial charge in [0.2, 0.25) is 5.91 Å². The number of piperidine rings is 1. The summed E-state index contributed by atoms with van der Waals surface area (Å²) in [5.74, 6) is 2.33. The standard InChI is InChI=1S/C20H28N4OS/c1-4-13-5-6-15-16(11-13)26-19-17(15)18(21-12-22-19)24-9-7-14(8-10-24)20(25)23(2)3/h12-14H,4-11H2,1-3H3. The van der Waals surface area contributed by atoms with E-state index in [9.17, 15) is 4.79 Å². The van der Waals surface area contributed by atoms with Crippen LogP contribution in [0.2, 0.25) is 0 Å². The highest BCUT2D eigenvalue weighted by molar-refractivity contribution is 7.19. The number of aromatic nitrogens is 2. The first-order valence-corrected chi connectivity index (χ1v) is 10.6. The lowest BCUT2D eigenvalue weighted by molar-refractivity contribution is -0.133. The van der Waals surface area contributed by atoms with Gasteiger partial charge in [0.05, 0.1) is 5.39 Å². The van der Waals surface area contributed by atoms with E-state index in [1.807, 2.05) is 25.4 Å². The number of carbonyl (C=O) groups is 1. The van der Waals surface area contributed by atoms with Crippen LogP contribution < -0.4 is 4.90 Å². The number of fused-ring (bicyclic) bond motifs is 3. The van der Waals surface area contributed by atoms with Crippen molar-refractivity contribution in [3.63, 3.8) is 0 Å². The first-order valence-electron chi connectivity index (χ1n) is 9.79. The van der Waals surface area contributed by atoms with Crippen LogP contribution in [-0.4, -0.2) is 48.0 Å². The Balaban J connectivity index is 1.60. The van der Waals surface area contributed by atoms with E-state index < -0.39 is 0 Å². The van der Waals surface area contributed by atoms with Gasteiger partial charge in [-0.2, -0.15) is 0 Å². The molecule has 1 unspecified atom stereocenters. The van der Waals surface area contributed by atoms with Gasteiger partial charge >= 0.3 is 0 Å². The highest BCUT2D eigenvalue weighted by Gasteiger charge is 2.30. The summed E-state index contributed by atoms with van der Waals surface area (Å²) in [5.41, 5.74) is 1.50. The van der Waals surface area contributed by atoms with E-state index in [0.29, 0.717) is 0 Å². The first-order chi connectivity index (χ1) is 12.6. The van der Waals surface area contributed by atoms with Gasteiger partial charge in [-0.25, -0.2) is 9.97 Å². The smallest absolute Gasteiger partial charge is 0.225 e. The number of thiophene rings is 1. The van der Waals surface area contributed by atoms with Gasteiger partial charge in [0.25, 0.3) is 0 Å². The third kappa shape index (κ3) is 3.08. The van der Waals surface area contributed by atoms with Crippen molar-refractivity contribution in [2.75, 3.05) is 32.1 Å². The molecule has 1 aliphatic heterocycles. The lowest BCUT2D eigenvalue weighted by Gasteiger charge is -2.33. The van der Waals surface area contributed by atoms with E-state index in [1.54, 1.807) is 11.2 Å².